The van der Waals surface area contributed by atoms with Gasteiger partial charge in [-0.1, -0.05) is 0 Å². The molecule has 1 N–H and O–H groups in total. The van der Waals surface area contributed by atoms with Crippen molar-refractivity contribution < 1.29 is 22.8 Å². The first-order chi connectivity index (χ1) is 9.05. The van der Waals surface area contributed by atoms with E-state index in [1.807, 2.05) is 4.90 Å². The van der Waals surface area contributed by atoms with Crippen LogP contribution in [0.25, 0.3) is 0 Å². The van der Waals surface area contributed by atoms with E-state index in [0.717, 1.165) is 32.8 Å². The average Bonchev–Trinajstić information content (AvgIpc) is 2.79. The molecule has 7 heteroatoms. The minimum atomic E-state index is -2.93. The van der Waals surface area contributed by atoms with Crippen molar-refractivity contribution >= 4 is 15.7 Å². The Morgan fingerprint density at radius 2 is 2.00 bits per heavy atom. The molecular weight excluding hydrogens is 268 g/mol. The summed E-state index contributed by atoms with van der Waals surface area (Å²) in [6.45, 7) is 5.11. The molecule has 6 nitrogen and oxygen atoms in total. The van der Waals surface area contributed by atoms with E-state index >= 15 is 0 Å². The number of quaternary nitrogens is 1. The number of amides is 1. The first-order valence-corrected chi connectivity index (χ1v) is 8.78. The van der Waals surface area contributed by atoms with E-state index in [1.165, 1.54) is 4.90 Å². The van der Waals surface area contributed by atoms with Crippen LogP contribution in [0.4, 0.5) is 0 Å². The Bertz CT molecular complexity index is 458. The molecule has 0 radical (unpaired) electrons. The Labute approximate surface area is 113 Å². The minimum absolute atomic E-state index is 0.0391. The highest BCUT2D eigenvalue weighted by Crippen LogP contribution is 2.33. The topological polar surface area (TPSA) is 68.1 Å². The molecule has 0 spiro atoms. The molecule has 0 bridgehead atoms. The second-order valence-electron chi connectivity index (χ2n) is 5.81. The number of hydrogen-bond acceptors (Lipinski definition) is 4. The molecule has 2 atom stereocenters. The molecule has 3 aliphatic heterocycles. The summed E-state index contributed by atoms with van der Waals surface area (Å²) in [4.78, 5) is 15.2. The molecule has 3 aliphatic rings. The zero-order valence-corrected chi connectivity index (χ0v) is 11.8. The summed E-state index contributed by atoms with van der Waals surface area (Å²) in [5, 5.41) is 0. The van der Waals surface area contributed by atoms with E-state index in [9.17, 15) is 13.2 Å². The molecule has 3 saturated heterocycles. The van der Waals surface area contributed by atoms with Gasteiger partial charge in [0.2, 0.25) is 5.91 Å². The van der Waals surface area contributed by atoms with Crippen molar-refractivity contribution in [2.45, 2.75) is 12.5 Å². The number of ether oxygens (including phenoxy) is 1. The van der Waals surface area contributed by atoms with E-state index in [1.54, 1.807) is 0 Å². The number of fused-ring (bicyclic) bond motifs is 1. The number of morpholine rings is 1. The molecule has 0 aliphatic carbocycles. The number of nitrogens with zero attached hydrogens (tertiary/aromatic N) is 1. The van der Waals surface area contributed by atoms with Crippen molar-refractivity contribution in [3.63, 3.8) is 0 Å². The van der Waals surface area contributed by atoms with Crippen molar-refractivity contribution in [2.75, 3.05) is 50.9 Å². The first-order valence-electron chi connectivity index (χ1n) is 6.96. The lowest BCUT2D eigenvalue weighted by atomic mass is 10.1. The maximum Gasteiger partial charge on any atom is 0.223 e. The Hall–Kier alpha value is -0.660. The molecule has 1 amide bonds. The lowest BCUT2D eigenvalue weighted by molar-refractivity contribution is -0.907. The first kappa shape index (κ1) is 13.3. The second-order valence-corrected chi connectivity index (χ2v) is 7.96. The van der Waals surface area contributed by atoms with Gasteiger partial charge >= 0.3 is 0 Å². The maximum absolute atomic E-state index is 12.0. The van der Waals surface area contributed by atoms with Gasteiger partial charge in [0.25, 0.3) is 0 Å². The number of hydrogen-bond donors (Lipinski definition) is 1. The molecule has 3 heterocycles. The summed E-state index contributed by atoms with van der Waals surface area (Å²) in [6, 6.07) is -0.0575. The second kappa shape index (κ2) is 5.03. The standard InChI is InChI=1S/C12H20N2O4S/c15-12-7-10-8-19(16,17)9-11(10)14(12)2-1-13-3-5-18-6-4-13/h10-11H,1-9H2/p+1/t10-,11-/m1/s1. The quantitative estimate of drug-likeness (QED) is 0.626. The summed E-state index contributed by atoms with van der Waals surface area (Å²) < 4.78 is 28.6. The number of likely N-dealkylation sites (tertiary alicyclic amines) is 1. The van der Waals surface area contributed by atoms with Gasteiger partial charge in [-0.2, -0.15) is 0 Å². The minimum Gasteiger partial charge on any atom is -0.370 e. The van der Waals surface area contributed by atoms with Crippen LogP contribution in [0.3, 0.4) is 0 Å². The van der Waals surface area contributed by atoms with Crippen molar-refractivity contribution in [1.82, 2.24) is 4.90 Å². The van der Waals surface area contributed by atoms with Crippen molar-refractivity contribution in [1.29, 1.82) is 0 Å². The number of rotatable bonds is 3. The number of carbonyl (C=O) groups excluding carboxylic acids is 1. The van der Waals surface area contributed by atoms with Crippen LogP contribution in [0, 0.1) is 5.92 Å². The Balaban J connectivity index is 1.59. The van der Waals surface area contributed by atoms with Gasteiger partial charge in [-0.15, -0.1) is 0 Å². The van der Waals surface area contributed by atoms with E-state index in [2.05, 4.69) is 0 Å². The normalized spacial score (nSPS) is 34.7. The molecule has 0 unspecified atom stereocenters. The van der Waals surface area contributed by atoms with Crippen LogP contribution < -0.4 is 4.90 Å². The van der Waals surface area contributed by atoms with E-state index in [4.69, 9.17) is 4.74 Å². The van der Waals surface area contributed by atoms with Crippen LogP contribution in [-0.4, -0.2) is 76.2 Å². The molecule has 3 fully saturated rings. The molecular formula is C12H21N2O4S+. The van der Waals surface area contributed by atoms with Crippen molar-refractivity contribution in [3.8, 4) is 0 Å². The van der Waals surface area contributed by atoms with E-state index in [-0.39, 0.29) is 29.4 Å². The summed E-state index contributed by atoms with van der Waals surface area (Å²) in [5.74, 6) is 0.543. The molecule has 19 heavy (non-hydrogen) atoms. The van der Waals surface area contributed by atoms with Gasteiger partial charge in [-0.25, -0.2) is 8.42 Å². The van der Waals surface area contributed by atoms with E-state index < -0.39 is 9.84 Å². The van der Waals surface area contributed by atoms with Gasteiger partial charge < -0.3 is 14.5 Å². The lowest BCUT2D eigenvalue weighted by Gasteiger charge is -2.28. The molecule has 0 aromatic carbocycles. The summed E-state index contributed by atoms with van der Waals surface area (Å²) in [7, 11) is -2.93. The van der Waals surface area contributed by atoms with Crippen LogP contribution in [-0.2, 0) is 19.4 Å². The Morgan fingerprint density at radius 3 is 2.74 bits per heavy atom. The van der Waals surface area contributed by atoms with Gasteiger partial charge in [-0.05, 0) is 0 Å². The third-order valence-electron chi connectivity index (χ3n) is 4.50. The van der Waals surface area contributed by atoms with Gasteiger partial charge in [0, 0.05) is 12.3 Å². The summed E-state index contributed by atoms with van der Waals surface area (Å²) in [5.41, 5.74) is 0. The average molecular weight is 289 g/mol. The molecule has 0 aromatic heterocycles. The monoisotopic (exact) mass is 289 g/mol. The molecule has 0 saturated carbocycles. The predicted molar refractivity (Wildman–Crippen MR) is 68.6 cm³/mol. The van der Waals surface area contributed by atoms with Crippen LogP contribution in [0.5, 0.6) is 0 Å². The highest BCUT2D eigenvalue weighted by atomic mass is 32.2. The SMILES string of the molecule is O=C1C[C@@H]2CS(=O)(=O)C[C@H]2N1CC[NH+]1CCOCC1. The Kier molecular flexibility index (Phi) is 3.53. The molecule has 0 aromatic rings. The summed E-state index contributed by atoms with van der Waals surface area (Å²) in [6.07, 6.45) is 0.419. The number of carbonyl (C=O) groups is 1. The zero-order valence-electron chi connectivity index (χ0n) is 11.0. The van der Waals surface area contributed by atoms with E-state index in [0.29, 0.717) is 13.0 Å². The number of nitrogens with one attached hydrogen (secondary N) is 1. The van der Waals surface area contributed by atoms with Crippen molar-refractivity contribution in [3.05, 3.63) is 0 Å². The molecule has 3 rings (SSSR count). The highest BCUT2D eigenvalue weighted by molar-refractivity contribution is 7.91. The van der Waals surface area contributed by atoms with Crippen LogP contribution in [0.15, 0.2) is 0 Å². The van der Waals surface area contributed by atoms with Gasteiger partial charge in [0.1, 0.15) is 13.1 Å². The Morgan fingerprint density at radius 1 is 1.26 bits per heavy atom. The molecule has 108 valence electrons. The highest BCUT2D eigenvalue weighted by Gasteiger charge is 2.48. The largest absolute Gasteiger partial charge is 0.370 e. The fourth-order valence-corrected chi connectivity index (χ4v) is 5.55. The third kappa shape index (κ3) is 2.78. The van der Waals surface area contributed by atoms with Gasteiger partial charge in [-0.3, -0.25) is 4.79 Å². The number of sulfone groups is 1. The maximum atomic E-state index is 12.0. The van der Waals surface area contributed by atoms with Crippen LogP contribution >= 0.6 is 0 Å². The van der Waals surface area contributed by atoms with Crippen LogP contribution in [0.2, 0.25) is 0 Å². The van der Waals surface area contributed by atoms with Crippen LogP contribution in [0.1, 0.15) is 6.42 Å². The van der Waals surface area contributed by atoms with Crippen molar-refractivity contribution in [2.24, 2.45) is 5.92 Å². The zero-order chi connectivity index (χ0) is 13.5. The third-order valence-corrected chi connectivity index (χ3v) is 6.29. The van der Waals surface area contributed by atoms with Gasteiger partial charge in [0.05, 0.1) is 43.9 Å². The fraction of sp³-hybridized carbons (Fsp3) is 0.917. The van der Waals surface area contributed by atoms with Gasteiger partial charge in [0.15, 0.2) is 9.84 Å². The summed E-state index contributed by atoms with van der Waals surface area (Å²) >= 11 is 0. The predicted octanol–water partition coefficient (Wildman–Crippen LogP) is -2.45. The fourth-order valence-electron chi connectivity index (χ4n) is 3.45. The smallest absolute Gasteiger partial charge is 0.223 e. The lowest BCUT2D eigenvalue weighted by Crippen LogP contribution is -3.14.